The monoisotopic (exact) mass is 248 g/mol. The number of hydrogen-bond acceptors (Lipinski definition) is 2. The van der Waals surface area contributed by atoms with E-state index in [1.165, 1.54) is 17.5 Å². The molecule has 0 aliphatic heterocycles. The van der Waals surface area contributed by atoms with Crippen LogP contribution in [0.2, 0.25) is 0 Å². The van der Waals surface area contributed by atoms with Crippen LogP contribution in [0, 0.1) is 6.92 Å². The van der Waals surface area contributed by atoms with E-state index in [0.717, 1.165) is 19.5 Å². The molecule has 1 aromatic rings. The first-order valence-electron chi connectivity index (χ1n) is 7.15. The Hall–Kier alpha value is -0.860. The maximum absolute atomic E-state index is 6.31. The van der Waals surface area contributed by atoms with Crippen LogP contribution in [-0.2, 0) is 0 Å². The normalized spacial score (nSPS) is 14.8. The Balaban J connectivity index is 2.55. The van der Waals surface area contributed by atoms with Crippen molar-refractivity contribution in [3.8, 4) is 0 Å². The number of benzene rings is 1. The molecule has 0 amide bonds. The van der Waals surface area contributed by atoms with Gasteiger partial charge in [-0.25, -0.2) is 0 Å². The summed E-state index contributed by atoms with van der Waals surface area (Å²) < 4.78 is 0. The van der Waals surface area contributed by atoms with Crippen molar-refractivity contribution in [3.05, 3.63) is 35.4 Å². The SMILES string of the molecule is CCC(C)N(CC)CCC(N)c1ccccc1C. The van der Waals surface area contributed by atoms with Crippen LogP contribution in [-0.4, -0.2) is 24.0 Å². The van der Waals surface area contributed by atoms with Crippen LogP contribution in [0.5, 0.6) is 0 Å². The van der Waals surface area contributed by atoms with E-state index in [4.69, 9.17) is 5.73 Å². The second-order valence-corrected chi connectivity index (χ2v) is 5.14. The Morgan fingerprint density at radius 1 is 1.22 bits per heavy atom. The molecule has 1 rings (SSSR count). The molecular weight excluding hydrogens is 220 g/mol. The van der Waals surface area contributed by atoms with Crippen molar-refractivity contribution in [2.24, 2.45) is 5.73 Å². The largest absolute Gasteiger partial charge is 0.324 e. The van der Waals surface area contributed by atoms with E-state index in [9.17, 15) is 0 Å². The number of aryl methyl sites for hydroxylation is 1. The van der Waals surface area contributed by atoms with Gasteiger partial charge in [-0.2, -0.15) is 0 Å². The van der Waals surface area contributed by atoms with Crippen LogP contribution in [0.15, 0.2) is 24.3 Å². The lowest BCUT2D eigenvalue weighted by Gasteiger charge is -2.28. The third-order valence-corrected chi connectivity index (χ3v) is 3.94. The molecule has 102 valence electrons. The Morgan fingerprint density at radius 3 is 2.44 bits per heavy atom. The maximum Gasteiger partial charge on any atom is 0.0309 e. The van der Waals surface area contributed by atoms with E-state index >= 15 is 0 Å². The number of rotatable bonds is 7. The average Bonchev–Trinajstić information content (AvgIpc) is 2.39. The zero-order valence-corrected chi connectivity index (χ0v) is 12.3. The fourth-order valence-corrected chi connectivity index (χ4v) is 2.41. The van der Waals surface area contributed by atoms with Gasteiger partial charge < -0.3 is 10.6 Å². The summed E-state index contributed by atoms with van der Waals surface area (Å²) >= 11 is 0. The molecule has 0 aliphatic rings. The Labute approximate surface area is 112 Å². The van der Waals surface area contributed by atoms with E-state index < -0.39 is 0 Å². The van der Waals surface area contributed by atoms with Crippen molar-refractivity contribution >= 4 is 0 Å². The predicted octanol–water partition coefficient (Wildman–Crippen LogP) is 3.51. The van der Waals surface area contributed by atoms with Gasteiger partial charge in [0.25, 0.3) is 0 Å². The molecular formula is C16H28N2. The van der Waals surface area contributed by atoms with Gasteiger partial charge in [-0.05, 0) is 44.4 Å². The summed E-state index contributed by atoms with van der Waals surface area (Å²) in [6.07, 6.45) is 2.23. The number of nitrogens with two attached hydrogens (primary N) is 1. The molecule has 0 aliphatic carbocycles. The van der Waals surface area contributed by atoms with E-state index in [1.54, 1.807) is 0 Å². The minimum Gasteiger partial charge on any atom is -0.324 e. The summed E-state index contributed by atoms with van der Waals surface area (Å²) in [5.74, 6) is 0. The van der Waals surface area contributed by atoms with E-state index in [-0.39, 0.29) is 6.04 Å². The van der Waals surface area contributed by atoms with Gasteiger partial charge in [0.2, 0.25) is 0 Å². The molecule has 2 N–H and O–H groups in total. The summed E-state index contributed by atoms with van der Waals surface area (Å²) in [7, 11) is 0. The third kappa shape index (κ3) is 4.11. The van der Waals surface area contributed by atoms with Gasteiger partial charge in [0.05, 0.1) is 0 Å². The van der Waals surface area contributed by atoms with Crippen molar-refractivity contribution in [3.63, 3.8) is 0 Å². The molecule has 1 aromatic carbocycles. The third-order valence-electron chi connectivity index (χ3n) is 3.94. The van der Waals surface area contributed by atoms with Gasteiger partial charge in [0.15, 0.2) is 0 Å². The average molecular weight is 248 g/mol. The number of nitrogens with zero attached hydrogens (tertiary/aromatic N) is 1. The lowest BCUT2D eigenvalue weighted by atomic mass is 9.99. The highest BCUT2D eigenvalue weighted by atomic mass is 15.1. The second kappa shape index (κ2) is 7.55. The quantitative estimate of drug-likeness (QED) is 0.800. The zero-order chi connectivity index (χ0) is 13.5. The van der Waals surface area contributed by atoms with Crippen molar-refractivity contribution < 1.29 is 0 Å². The fourth-order valence-electron chi connectivity index (χ4n) is 2.41. The molecule has 0 spiro atoms. The highest BCUT2D eigenvalue weighted by molar-refractivity contribution is 5.28. The molecule has 0 heterocycles. The van der Waals surface area contributed by atoms with Crippen LogP contribution in [0.25, 0.3) is 0 Å². The van der Waals surface area contributed by atoms with Crippen LogP contribution in [0.1, 0.15) is 50.8 Å². The summed E-state index contributed by atoms with van der Waals surface area (Å²) in [6.45, 7) is 11.1. The number of hydrogen-bond donors (Lipinski definition) is 1. The van der Waals surface area contributed by atoms with Gasteiger partial charge in [0, 0.05) is 18.6 Å². The molecule has 2 unspecified atom stereocenters. The first kappa shape index (κ1) is 15.2. The molecule has 0 radical (unpaired) electrons. The van der Waals surface area contributed by atoms with Crippen molar-refractivity contribution in [2.45, 2.75) is 52.6 Å². The fraction of sp³-hybridized carbons (Fsp3) is 0.625. The minimum atomic E-state index is 0.157. The Bertz CT molecular complexity index is 349. The molecule has 18 heavy (non-hydrogen) atoms. The highest BCUT2D eigenvalue weighted by Gasteiger charge is 2.13. The smallest absolute Gasteiger partial charge is 0.0309 e. The molecule has 2 atom stereocenters. The lowest BCUT2D eigenvalue weighted by Crippen LogP contribution is -2.34. The molecule has 2 heteroatoms. The van der Waals surface area contributed by atoms with Gasteiger partial charge in [-0.3, -0.25) is 0 Å². The molecule has 0 aromatic heterocycles. The molecule has 2 nitrogen and oxygen atoms in total. The Kier molecular flexibility index (Phi) is 6.37. The summed E-state index contributed by atoms with van der Waals surface area (Å²) in [4.78, 5) is 2.51. The first-order chi connectivity index (χ1) is 8.60. The summed E-state index contributed by atoms with van der Waals surface area (Å²) in [5.41, 5.74) is 8.91. The topological polar surface area (TPSA) is 29.3 Å². The predicted molar refractivity (Wildman–Crippen MR) is 79.7 cm³/mol. The van der Waals surface area contributed by atoms with Crippen LogP contribution in [0.3, 0.4) is 0 Å². The first-order valence-corrected chi connectivity index (χ1v) is 7.15. The van der Waals surface area contributed by atoms with Crippen molar-refractivity contribution in [2.75, 3.05) is 13.1 Å². The maximum atomic E-state index is 6.31. The molecule has 0 fully saturated rings. The highest BCUT2D eigenvalue weighted by Crippen LogP contribution is 2.19. The molecule has 0 bridgehead atoms. The van der Waals surface area contributed by atoms with Crippen LogP contribution in [0.4, 0.5) is 0 Å². The van der Waals surface area contributed by atoms with E-state index in [2.05, 4.69) is 56.9 Å². The van der Waals surface area contributed by atoms with Gasteiger partial charge >= 0.3 is 0 Å². The second-order valence-electron chi connectivity index (χ2n) is 5.14. The van der Waals surface area contributed by atoms with Crippen molar-refractivity contribution in [1.29, 1.82) is 0 Å². The van der Waals surface area contributed by atoms with Crippen molar-refractivity contribution in [1.82, 2.24) is 4.90 Å². The standard InChI is InChI=1S/C16H28N2/c1-5-14(4)18(6-2)12-11-16(17)15-10-8-7-9-13(15)3/h7-10,14,16H,5-6,11-12,17H2,1-4H3. The summed E-state index contributed by atoms with van der Waals surface area (Å²) in [6, 6.07) is 9.25. The van der Waals surface area contributed by atoms with Gasteiger partial charge in [-0.1, -0.05) is 38.1 Å². The Morgan fingerprint density at radius 2 is 1.89 bits per heavy atom. The summed E-state index contributed by atoms with van der Waals surface area (Å²) in [5, 5.41) is 0. The molecule has 0 saturated heterocycles. The van der Waals surface area contributed by atoms with E-state index in [1.807, 2.05) is 0 Å². The minimum absolute atomic E-state index is 0.157. The van der Waals surface area contributed by atoms with E-state index in [0.29, 0.717) is 6.04 Å². The van der Waals surface area contributed by atoms with Gasteiger partial charge in [0.1, 0.15) is 0 Å². The van der Waals surface area contributed by atoms with Crippen LogP contribution >= 0.6 is 0 Å². The van der Waals surface area contributed by atoms with Crippen LogP contribution < -0.4 is 5.73 Å². The zero-order valence-electron chi connectivity index (χ0n) is 12.3. The lowest BCUT2D eigenvalue weighted by molar-refractivity contribution is 0.207. The van der Waals surface area contributed by atoms with Gasteiger partial charge in [-0.15, -0.1) is 0 Å². The molecule has 0 saturated carbocycles.